The van der Waals surface area contributed by atoms with Gasteiger partial charge in [-0.3, -0.25) is 4.90 Å². The maximum Gasteiger partial charge on any atom is 0.130 e. The van der Waals surface area contributed by atoms with Crippen LogP contribution in [-0.2, 0) is 4.74 Å². The summed E-state index contributed by atoms with van der Waals surface area (Å²) in [5, 5.41) is 7.28. The first-order valence-electron chi connectivity index (χ1n) is 9.43. The number of nitrogens with two attached hydrogens (primary N) is 1. The summed E-state index contributed by atoms with van der Waals surface area (Å²) < 4.78 is 5.59. The quantitative estimate of drug-likeness (QED) is 0.804. The Bertz CT molecular complexity index is 600. The van der Waals surface area contributed by atoms with E-state index < -0.39 is 0 Å². The van der Waals surface area contributed by atoms with E-state index in [9.17, 15) is 0 Å². The summed E-state index contributed by atoms with van der Waals surface area (Å²) in [6.07, 6.45) is 9.86. The summed E-state index contributed by atoms with van der Waals surface area (Å²) >= 11 is 0. The van der Waals surface area contributed by atoms with Crippen LogP contribution in [0.3, 0.4) is 0 Å². The number of allylic oxidation sites excluding steroid dienone is 1. The Balaban J connectivity index is 1.63. The van der Waals surface area contributed by atoms with Crippen molar-refractivity contribution in [3.8, 4) is 0 Å². The summed E-state index contributed by atoms with van der Waals surface area (Å²) in [7, 11) is 0. The monoisotopic (exact) mass is 342 g/mol. The van der Waals surface area contributed by atoms with Gasteiger partial charge in [0.15, 0.2) is 0 Å². The van der Waals surface area contributed by atoms with Gasteiger partial charge in [0.05, 0.1) is 6.61 Å². The zero-order chi connectivity index (χ0) is 17.6. The minimum absolute atomic E-state index is 0.522. The van der Waals surface area contributed by atoms with E-state index >= 15 is 0 Å². The van der Waals surface area contributed by atoms with E-state index in [0.717, 1.165) is 37.3 Å². The Hall–Kier alpha value is -1.72. The Morgan fingerprint density at radius 2 is 2.12 bits per heavy atom. The molecule has 1 aromatic rings. The number of nitrogen functional groups attached to an aromatic ring is 1. The third-order valence-electron chi connectivity index (χ3n) is 5.61. The molecule has 2 heterocycles. The van der Waals surface area contributed by atoms with Gasteiger partial charge in [-0.15, -0.1) is 0 Å². The second-order valence-electron chi connectivity index (χ2n) is 7.22. The van der Waals surface area contributed by atoms with Crippen LogP contribution in [0.1, 0.15) is 55.6 Å². The highest BCUT2D eigenvalue weighted by molar-refractivity contribution is 5.81. The van der Waals surface area contributed by atoms with E-state index in [2.05, 4.69) is 22.5 Å². The molecule has 1 aromatic heterocycles. The highest BCUT2D eigenvalue weighted by Crippen LogP contribution is 2.36. The summed E-state index contributed by atoms with van der Waals surface area (Å²) in [5.74, 6) is 1.08. The van der Waals surface area contributed by atoms with Crippen molar-refractivity contribution < 1.29 is 4.74 Å². The fraction of sp³-hybridized carbons (Fsp3) is 0.600. The molecule has 1 saturated heterocycles. The smallest absolute Gasteiger partial charge is 0.130 e. The van der Waals surface area contributed by atoms with Crippen LogP contribution in [0.2, 0.25) is 0 Å². The van der Waals surface area contributed by atoms with E-state index in [1.807, 2.05) is 6.20 Å². The number of pyridine rings is 1. The Morgan fingerprint density at radius 3 is 2.88 bits per heavy atom. The molecule has 0 radical (unpaired) electrons. The number of hydrogen-bond donors (Lipinski definition) is 2. The average molecular weight is 342 g/mol. The van der Waals surface area contributed by atoms with Crippen LogP contribution < -0.4 is 5.73 Å². The topological polar surface area (TPSA) is 75.2 Å². The van der Waals surface area contributed by atoms with Crippen LogP contribution in [0.4, 0.5) is 5.82 Å². The molecule has 0 atom stereocenters. The first kappa shape index (κ1) is 18.1. The molecule has 1 saturated carbocycles. The summed E-state index contributed by atoms with van der Waals surface area (Å²) in [5.41, 5.74) is 9.08. The van der Waals surface area contributed by atoms with Crippen molar-refractivity contribution in [2.75, 3.05) is 32.0 Å². The summed E-state index contributed by atoms with van der Waals surface area (Å²) in [6.45, 7) is 8.09. The minimum Gasteiger partial charge on any atom is -0.383 e. The van der Waals surface area contributed by atoms with Crippen molar-refractivity contribution in [2.24, 2.45) is 0 Å². The molecule has 5 heteroatoms. The van der Waals surface area contributed by atoms with Gasteiger partial charge in [-0.2, -0.15) is 0 Å². The lowest BCUT2D eigenvalue weighted by Gasteiger charge is -2.36. The van der Waals surface area contributed by atoms with Crippen LogP contribution in [0.15, 0.2) is 18.8 Å². The van der Waals surface area contributed by atoms with Crippen LogP contribution in [0.5, 0.6) is 0 Å². The van der Waals surface area contributed by atoms with Crippen molar-refractivity contribution >= 4 is 17.6 Å². The van der Waals surface area contributed by atoms with Crippen molar-refractivity contribution in [3.05, 3.63) is 30.0 Å². The van der Waals surface area contributed by atoms with Crippen LogP contribution >= 0.6 is 0 Å². The van der Waals surface area contributed by atoms with Crippen molar-refractivity contribution in [3.63, 3.8) is 0 Å². The standard InChI is InChI=1S/C20H30N4O/c1-15(7-8-21)19-13-17(14-23-20(19)22)16-3-5-18(6-4-16)24-9-2-11-25-12-10-24/h8,13-14,16,18,21H,1-7,9-12H2,(H2,22,23). The van der Waals surface area contributed by atoms with E-state index in [0.29, 0.717) is 24.2 Å². The van der Waals surface area contributed by atoms with Crippen LogP contribution in [0.25, 0.3) is 5.57 Å². The fourth-order valence-corrected chi connectivity index (χ4v) is 4.14. The third-order valence-corrected chi connectivity index (χ3v) is 5.61. The molecule has 2 aliphatic rings. The molecular formula is C20H30N4O. The maximum absolute atomic E-state index is 7.28. The fourth-order valence-electron chi connectivity index (χ4n) is 4.14. The SMILES string of the molecule is C=C(CC=N)c1cc(C2CCC(N3CCCOCC3)CC2)cnc1N. The molecule has 2 fully saturated rings. The van der Waals surface area contributed by atoms with Gasteiger partial charge < -0.3 is 15.9 Å². The number of nitrogens with zero attached hydrogens (tertiary/aromatic N) is 2. The van der Waals surface area contributed by atoms with Gasteiger partial charge in [-0.1, -0.05) is 6.58 Å². The van der Waals surface area contributed by atoms with Crippen molar-refractivity contribution in [1.82, 2.24) is 9.88 Å². The molecule has 0 aromatic carbocycles. The molecule has 0 amide bonds. The second kappa shape index (κ2) is 8.59. The van der Waals surface area contributed by atoms with Gasteiger partial charge in [0.25, 0.3) is 0 Å². The highest BCUT2D eigenvalue weighted by Gasteiger charge is 2.27. The first-order valence-corrected chi connectivity index (χ1v) is 9.43. The molecule has 0 spiro atoms. The molecule has 3 rings (SSSR count). The number of anilines is 1. The van der Waals surface area contributed by atoms with E-state index in [-0.39, 0.29) is 0 Å². The van der Waals surface area contributed by atoms with Crippen molar-refractivity contribution in [2.45, 2.75) is 50.5 Å². The third kappa shape index (κ3) is 4.47. The van der Waals surface area contributed by atoms with Crippen LogP contribution in [0, 0.1) is 5.41 Å². The van der Waals surface area contributed by atoms with Gasteiger partial charge in [-0.05, 0) is 61.4 Å². The second-order valence-corrected chi connectivity index (χ2v) is 7.22. The minimum atomic E-state index is 0.522. The zero-order valence-electron chi connectivity index (χ0n) is 15.0. The normalized spacial score (nSPS) is 25.3. The number of ether oxygens (including phenoxy) is 1. The van der Waals surface area contributed by atoms with E-state index in [4.69, 9.17) is 15.9 Å². The predicted molar refractivity (Wildman–Crippen MR) is 103 cm³/mol. The number of aromatic nitrogens is 1. The Labute approximate surface area is 150 Å². The van der Waals surface area contributed by atoms with E-state index in [1.165, 1.54) is 44.0 Å². The van der Waals surface area contributed by atoms with Gasteiger partial charge in [-0.25, -0.2) is 4.98 Å². The number of nitrogens with one attached hydrogen (secondary N) is 1. The van der Waals surface area contributed by atoms with Gasteiger partial charge in [0.2, 0.25) is 0 Å². The summed E-state index contributed by atoms with van der Waals surface area (Å²) in [4.78, 5) is 7.02. The molecule has 0 bridgehead atoms. The zero-order valence-corrected chi connectivity index (χ0v) is 15.0. The molecule has 1 aliphatic carbocycles. The Morgan fingerprint density at radius 1 is 1.32 bits per heavy atom. The molecule has 0 unspecified atom stereocenters. The largest absolute Gasteiger partial charge is 0.383 e. The van der Waals surface area contributed by atoms with Gasteiger partial charge in [0.1, 0.15) is 5.82 Å². The van der Waals surface area contributed by atoms with Crippen LogP contribution in [-0.4, -0.2) is 48.4 Å². The van der Waals surface area contributed by atoms with Crippen molar-refractivity contribution in [1.29, 1.82) is 5.41 Å². The van der Waals surface area contributed by atoms with Gasteiger partial charge >= 0.3 is 0 Å². The molecule has 3 N–H and O–H groups in total. The van der Waals surface area contributed by atoms with Gasteiger partial charge in [0, 0.05) is 43.9 Å². The lowest BCUT2D eigenvalue weighted by molar-refractivity contribution is 0.118. The molecule has 136 valence electrons. The first-order chi connectivity index (χ1) is 12.2. The lowest BCUT2D eigenvalue weighted by Crippen LogP contribution is -2.39. The number of rotatable bonds is 5. The molecule has 25 heavy (non-hydrogen) atoms. The average Bonchev–Trinajstić information content (AvgIpc) is 2.92. The lowest BCUT2D eigenvalue weighted by atomic mass is 9.81. The Kier molecular flexibility index (Phi) is 6.21. The number of hydrogen-bond acceptors (Lipinski definition) is 5. The molecular weight excluding hydrogens is 312 g/mol. The maximum atomic E-state index is 7.28. The summed E-state index contributed by atoms with van der Waals surface area (Å²) in [6, 6.07) is 2.85. The molecule has 5 nitrogen and oxygen atoms in total. The molecule has 1 aliphatic heterocycles. The predicted octanol–water partition coefficient (Wildman–Crippen LogP) is 3.47. The van der Waals surface area contributed by atoms with E-state index in [1.54, 1.807) is 0 Å². The highest BCUT2D eigenvalue weighted by atomic mass is 16.5.